The number of aromatic nitrogens is 1. The molecule has 0 aromatic carbocycles. The topological polar surface area (TPSA) is 34.1 Å². The molecule has 0 saturated carbocycles. The molecule has 0 spiro atoms. The monoisotopic (exact) mass is 168 g/mol. The molecule has 0 bridgehead atoms. The molecule has 4 heteroatoms. The van der Waals surface area contributed by atoms with Gasteiger partial charge in [0.2, 0.25) is 0 Å². The largest absolute Gasteiger partial charge is 0.301 e. The highest BCUT2D eigenvalue weighted by Gasteiger charge is 2.17. The quantitative estimate of drug-likeness (QED) is 0.683. The highest BCUT2D eigenvalue weighted by atomic mass is 19.1. The number of hydrogen-bond acceptors (Lipinski definition) is 3. The summed E-state index contributed by atoms with van der Waals surface area (Å²) in [4.78, 5) is 8.71. The third-order valence-corrected chi connectivity index (χ3v) is 1.86. The van der Waals surface area contributed by atoms with E-state index < -0.39 is 0 Å². The molecular weight excluding hydrogens is 159 g/mol. The van der Waals surface area contributed by atoms with Gasteiger partial charge in [-0.3, -0.25) is 4.98 Å². The summed E-state index contributed by atoms with van der Waals surface area (Å²) in [7, 11) is 0. The van der Waals surface area contributed by atoms with Gasteiger partial charge in [-0.25, -0.2) is 4.39 Å². The average Bonchev–Trinajstić information content (AvgIpc) is 2.56. The molecule has 0 unspecified atom stereocenters. The minimum absolute atomic E-state index is 0.0909. The third kappa shape index (κ3) is 1.44. The summed E-state index contributed by atoms with van der Waals surface area (Å²) in [6, 6.07) is 1.56. The lowest BCUT2D eigenvalue weighted by molar-refractivity contribution is 0.0882. The van der Waals surface area contributed by atoms with E-state index in [0.717, 1.165) is 12.0 Å². The Kier molecular flexibility index (Phi) is 2.01. The number of hydroxylamine groups is 1. The van der Waals surface area contributed by atoms with Gasteiger partial charge in [-0.15, -0.1) is 0 Å². The maximum atomic E-state index is 12.7. The van der Waals surface area contributed by atoms with Crippen molar-refractivity contribution in [1.82, 2.24) is 10.5 Å². The van der Waals surface area contributed by atoms with Gasteiger partial charge in [-0.2, -0.15) is 5.48 Å². The van der Waals surface area contributed by atoms with Gasteiger partial charge >= 0.3 is 0 Å². The minimum Gasteiger partial charge on any atom is -0.301 e. The molecule has 1 aromatic heterocycles. The van der Waals surface area contributed by atoms with Crippen molar-refractivity contribution in [3.8, 4) is 0 Å². The second-order valence-corrected chi connectivity index (χ2v) is 2.74. The molecule has 2 rings (SSSR count). The zero-order valence-corrected chi connectivity index (χ0v) is 6.46. The molecule has 12 heavy (non-hydrogen) atoms. The number of pyridine rings is 1. The van der Waals surface area contributed by atoms with Crippen molar-refractivity contribution in [3.05, 3.63) is 29.8 Å². The van der Waals surface area contributed by atoms with Crippen LogP contribution in [0.15, 0.2) is 18.5 Å². The molecule has 1 saturated heterocycles. The second kappa shape index (κ2) is 3.16. The van der Waals surface area contributed by atoms with E-state index in [1.165, 1.54) is 12.3 Å². The second-order valence-electron chi connectivity index (χ2n) is 2.74. The van der Waals surface area contributed by atoms with Crippen LogP contribution in [0.5, 0.6) is 0 Å². The van der Waals surface area contributed by atoms with Crippen LogP contribution in [0.3, 0.4) is 0 Å². The zero-order valence-electron chi connectivity index (χ0n) is 6.46. The van der Waals surface area contributed by atoms with E-state index in [2.05, 4.69) is 10.5 Å². The van der Waals surface area contributed by atoms with Crippen LogP contribution in [0, 0.1) is 5.82 Å². The normalized spacial score (nSPS) is 22.9. The smallest absolute Gasteiger partial charge is 0.141 e. The Morgan fingerprint density at radius 3 is 3.17 bits per heavy atom. The van der Waals surface area contributed by atoms with Gasteiger partial charge in [0.15, 0.2) is 0 Å². The highest BCUT2D eigenvalue weighted by molar-refractivity contribution is 5.15. The Labute approximate surface area is 69.5 Å². The molecule has 0 amide bonds. The summed E-state index contributed by atoms with van der Waals surface area (Å²) in [5.74, 6) is -0.304. The predicted molar refractivity (Wildman–Crippen MR) is 40.6 cm³/mol. The van der Waals surface area contributed by atoms with E-state index in [4.69, 9.17) is 4.84 Å². The maximum absolute atomic E-state index is 12.7. The van der Waals surface area contributed by atoms with Crippen molar-refractivity contribution in [2.75, 3.05) is 6.61 Å². The van der Waals surface area contributed by atoms with E-state index >= 15 is 0 Å². The summed E-state index contributed by atoms with van der Waals surface area (Å²) < 4.78 is 12.7. The first-order chi connectivity index (χ1) is 5.86. The lowest BCUT2D eigenvalue weighted by Gasteiger charge is -2.06. The fourth-order valence-corrected chi connectivity index (χ4v) is 1.25. The number of rotatable bonds is 1. The minimum atomic E-state index is -0.304. The number of halogens is 1. The first-order valence-electron chi connectivity index (χ1n) is 3.84. The summed E-state index contributed by atoms with van der Waals surface area (Å²) in [6.45, 7) is 0.668. The molecular formula is C8H9FN2O. The SMILES string of the molecule is Fc1cncc([C@@H]2CCON2)c1. The molecule has 1 aromatic rings. The van der Waals surface area contributed by atoms with Crippen LogP contribution >= 0.6 is 0 Å². The standard InChI is InChI=1S/C8H9FN2O/c9-7-3-6(4-10-5-7)8-1-2-12-11-8/h3-5,8,11H,1-2H2/t8-/m0/s1. The molecule has 1 fully saturated rings. The van der Waals surface area contributed by atoms with Gasteiger partial charge in [-0.05, 0) is 18.1 Å². The van der Waals surface area contributed by atoms with Crippen molar-refractivity contribution < 1.29 is 9.23 Å². The van der Waals surface area contributed by atoms with Crippen LogP contribution in [0.2, 0.25) is 0 Å². The summed E-state index contributed by atoms with van der Waals surface area (Å²) in [5.41, 5.74) is 3.63. The van der Waals surface area contributed by atoms with Crippen LogP contribution in [0.1, 0.15) is 18.0 Å². The van der Waals surface area contributed by atoms with Crippen LogP contribution < -0.4 is 5.48 Å². The summed E-state index contributed by atoms with van der Waals surface area (Å²) >= 11 is 0. The number of nitrogens with zero attached hydrogens (tertiary/aromatic N) is 1. The van der Waals surface area contributed by atoms with E-state index in [-0.39, 0.29) is 11.9 Å². The number of nitrogens with one attached hydrogen (secondary N) is 1. The van der Waals surface area contributed by atoms with E-state index in [1.807, 2.05) is 0 Å². The van der Waals surface area contributed by atoms with Crippen molar-refractivity contribution in [2.45, 2.75) is 12.5 Å². The molecule has 1 aliphatic heterocycles. The lowest BCUT2D eigenvalue weighted by atomic mass is 10.1. The molecule has 3 nitrogen and oxygen atoms in total. The molecule has 64 valence electrons. The van der Waals surface area contributed by atoms with Crippen LogP contribution in [-0.2, 0) is 4.84 Å². The Morgan fingerprint density at radius 1 is 1.58 bits per heavy atom. The van der Waals surface area contributed by atoms with Crippen molar-refractivity contribution in [2.24, 2.45) is 0 Å². The summed E-state index contributed by atoms with van der Waals surface area (Å²) in [5, 5.41) is 0. The Hall–Kier alpha value is -1.00. The third-order valence-electron chi connectivity index (χ3n) is 1.86. The molecule has 1 aliphatic rings. The zero-order chi connectivity index (χ0) is 8.39. The Bertz CT molecular complexity index is 274. The predicted octanol–water partition coefficient (Wildman–Crippen LogP) is 1.19. The van der Waals surface area contributed by atoms with E-state index in [9.17, 15) is 4.39 Å². The molecule has 0 aliphatic carbocycles. The van der Waals surface area contributed by atoms with Gasteiger partial charge in [0.25, 0.3) is 0 Å². The van der Waals surface area contributed by atoms with Crippen molar-refractivity contribution >= 4 is 0 Å². The highest BCUT2D eigenvalue weighted by Crippen LogP contribution is 2.20. The Balaban J connectivity index is 2.21. The maximum Gasteiger partial charge on any atom is 0.141 e. The van der Waals surface area contributed by atoms with Gasteiger partial charge in [0, 0.05) is 6.20 Å². The van der Waals surface area contributed by atoms with Crippen molar-refractivity contribution in [1.29, 1.82) is 0 Å². The fraction of sp³-hybridized carbons (Fsp3) is 0.375. The van der Waals surface area contributed by atoms with Crippen LogP contribution in [0.25, 0.3) is 0 Å². The van der Waals surface area contributed by atoms with E-state index in [0.29, 0.717) is 6.61 Å². The van der Waals surface area contributed by atoms with Gasteiger partial charge in [0.1, 0.15) is 5.82 Å². The number of hydrogen-bond donors (Lipinski definition) is 1. The molecule has 0 radical (unpaired) electrons. The van der Waals surface area contributed by atoms with Crippen molar-refractivity contribution in [3.63, 3.8) is 0 Å². The molecule has 1 N–H and O–H groups in total. The summed E-state index contributed by atoms with van der Waals surface area (Å²) in [6.07, 6.45) is 3.71. The lowest BCUT2D eigenvalue weighted by Crippen LogP contribution is -2.11. The van der Waals surface area contributed by atoms with Crippen LogP contribution in [-0.4, -0.2) is 11.6 Å². The van der Waals surface area contributed by atoms with E-state index in [1.54, 1.807) is 6.20 Å². The first-order valence-corrected chi connectivity index (χ1v) is 3.84. The molecule has 2 heterocycles. The van der Waals surface area contributed by atoms with Gasteiger partial charge < -0.3 is 4.84 Å². The van der Waals surface area contributed by atoms with Gasteiger partial charge in [-0.1, -0.05) is 0 Å². The fourth-order valence-electron chi connectivity index (χ4n) is 1.25. The average molecular weight is 168 g/mol. The first kappa shape index (κ1) is 7.64. The molecule has 1 atom stereocenters. The Morgan fingerprint density at radius 2 is 2.50 bits per heavy atom. The van der Waals surface area contributed by atoms with Gasteiger partial charge in [0.05, 0.1) is 18.8 Å². The van der Waals surface area contributed by atoms with Crippen LogP contribution in [0.4, 0.5) is 4.39 Å².